The molecule has 0 unspecified atom stereocenters. The first-order valence-electron chi connectivity index (χ1n) is 6.65. The number of halogens is 2. The van der Waals surface area contributed by atoms with Crippen LogP contribution in [0.15, 0.2) is 29.3 Å². The minimum absolute atomic E-state index is 0. The van der Waals surface area contributed by atoms with Crippen LogP contribution in [0, 0.1) is 0 Å². The highest BCUT2D eigenvalue weighted by Gasteiger charge is 2.11. The Balaban J connectivity index is 0.00000220. The molecule has 1 aromatic rings. The Morgan fingerprint density at radius 2 is 2.14 bits per heavy atom. The first kappa shape index (κ1) is 18.6. The summed E-state index contributed by atoms with van der Waals surface area (Å²) in [6.07, 6.45) is 1.04. The van der Waals surface area contributed by atoms with Gasteiger partial charge >= 0.3 is 0 Å². The van der Waals surface area contributed by atoms with Gasteiger partial charge in [-0.05, 0) is 24.1 Å². The molecule has 0 atom stereocenters. The van der Waals surface area contributed by atoms with Crippen LogP contribution in [0.1, 0.15) is 12.0 Å². The lowest BCUT2D eigenvalue weighted by Gasteiger charge is -2.26. The number of aliphatic imine (C=N–C) groups is 1. The molecule has 0 radical (unpaired) electrons. The zero-order chi connectivity index (χ0) is 14.2. The van der Waals surface area contributed by atoms with Crippen LogP contribution < -0.4 is 17.7 Å². The highest BCUT2D eigenvalue weighted by atomic mass is 35.5. The fourth-order valence-electron chi connectivity index (χ4n) is 1.86. The van der Waals surface area contributed by atoms with Crippen molar-refractivity contribution in [2.75, 3.05) is 33.6 Å². The van der Waals surface area contributed by atoms with E-state index in [-0.39, 0.29) is 12.4 Å². The Hall–Kier alpha value is -0.460. The van der Waals surface area contributed by atoms with Crippen molar-refractivity contribution in [2.45, 2.75) is 12.2 Å². The van der Waals surface area contributed by atoms with E-state index in [0.717, 1.165) is 48.9 Å². The minimum Gasteiger partial charge on any atom is -1.00 e. The number of amidine groups is 1. The van der Waals surface area contributed by atoms with E-state index in [4.69, 9.17) is 16.3 Å². The second-order valence-corrected chi connectivity index (χ2v) is 6.00. The molecule has 0 saturated carbocycles. The highest BCUT2D eigenvalue weighted by molar-refractivity contribution is 8.13. The van der Waals surface area contributed by atoms with E-state index in [0.29, 0.717) is 0 Å². The number of hydrogen-bond donors (Lipinski definition) is 1. The largest absolute Gasteiger partial charge is 1.00 e. The molecule has 1 N–H and O–H groups in total. The van der Waals surface area contributed by atoms with Crippen LogP contribution in [0.4, 0.5) is 0 Å². The van der Waals surface area contributed by atoms with Crippen molar-refractivity contribution in [3.8, 4) is 0 Å². The lowest BCUT2D eigenvalue weighted by Crippen LogP contribution is -3.00. The van der Waals surface area contributed by atoms with Crippen molar-refractivity contribution in [3.05, 3.63) is 34.9 Å². The van der Waals surface area contributed by atoms with Crippen molar-refractivity contribution in [1.29, 1.82) is 0 Å². The van der Waals surface area contributed by atoms with Gasteiger partial charge in [0.1, 0.15) is 0 Å². The summed E-state index contributed by atoms with van der Waals surface area (Å²) in [6.45, 7) is 3.44. The summed E-state index contributed by atoms with van der Waals surface area (Å²) in [5.41, 5.74) is 1.26. The van der Waals surface area contributed by atoms with Gasteiger partial charge in [0.15, 0.2) is 5.17 Å². The lowest BCUT2D eigenvalue weighted by molar-refractivity contribution is -0.00000448. The summed E-state index contributed by atoms with van der Waals surface area (Å²) in [4.78, 5) is 6.82. The molecule has 1 aromatic carbocycles. The van der Waals surface area contributed by atoms with E-state index in [2.05, 4.69) is 27.3 Å². The fourth-order valence-corrected chi connectivity index (χ4v) is 2.80. The summed E-state index contributed by atoms with van der Waals surface area (Å²) >= 11 is 7.60. The van der Waals surface area contributed by atoms with Gasteiger partial charge in [-0.25, -0.2) is 4.99 Å². The third kappa shape index (κ3) is 6.89. The number of benzene rings is 1. The molecule has 1 heterocycles. The Kier molecular flexibility index (Phi) is 9.11. The van der Waals surface area contributed by atoms with Crippen LogP contribution in [0.5, 0.6) is 0 Å². The van der Waals surface area contributed by atoms with Gasteiger partial charge in [0, 0.05) is 31.0 Å². The van der Waals surface area contributed by atoms with Gasteiger partial charge < -0.3 is 22.5 Å². The van der Waals surface area contributed by atoms with Crippen molar-refractivity contribution in [3.63, 3.8) is 0 Å². The smallest absolute Gasteiger partial charge is 0.159 e. The number of thioether (sulfide) groups is 1. The molecular formula is C14H20Cl2N3OS-. The normalized spacial score (nSPS) is 15.0. The summed E-state index contributed by atoms with van der Waals surface area (Å²) < 4.78 is 5.05. The van der Waals surface area contributed by atoms with Crippen molar-refractivity contribution >= 4 is 28.5 Å². The molecule has 118 valence electrons. The maximum Gasteiger partial charge on any atom is 0.159 e. The predicted molar refractivity (Wildman–Crippen MR) is 86.3 cm³/mol. The fraction of sp³-hybridized carbons (Fsp3) is 0.500. The van der Waals surface area contributed by atoms with Crippen molar-refractivity contribution < 1.29 is 17.1 Å². The first-order chi connectivity index (χ1) is 9.78. The van der Waals surface area contributed by atoms with Gasteiger partial charge in [-0.1, -0.05) is 35.5 Å². The van der Waals surface area contributed by atoms with Crippen LogP contribution >= 0.6 is 23.4 Å². The average molecular weight is 349 g/mol. The molecule has 0 spiro atoms. The molecule has 1 aliphatic rings. The topological polar surface area (TPSA) is 36.9 Å². The van der Waals surface area contributed by atoms with Gasteiger partial charge in [-0.3, -0.25) is 4.90 Å². The number of hydrogen-bond acceptors (Lipinski definition) is 5. The lowest BCUT2D eigenvalue weighted by atomic mass is 10.2. The van der Waals surface area contributed by atoms with Crippen LogP contribution in [0.25, 0.3) is 0 Å². The molecular weight excluding hydrogens is 329 g/mol. The van der Waals surface area contributed by atoms with E-state index in [1.54, 1.807) is 18.9 Å². The standard InChI is InChI=1S/C14H20ClN3OS.ClH/c1-19-8-2-7-18-10-16-14(17-11-18)20-9-12-3-5-13(15)6-4-12;/h3-6H,2,7-11H2,1H3,(H,16,17);1H/p-1. The first-order valence-corrected chi connectivity index (χ1v) is 8.01. The summed E-state index contributed by atoms with van der Waals surface area (Å²) in [6, 6.07) is 7.95. The number of methoxy groups -OCH3 is 1. The highest BCUT2D eigenvalue weighted by Crippen LogP contribution is 2.17. The van der Waals surface area contributed by atoms with Crippen LogP contribution in [-0.2, 0) is 10.5 Å². The van der Waals surface area contributed by atoms with Gasteiger partial charge in [0.25, 0.3) is 0 Å². The summed E-state index contributed by atoms with van der Waals surface area (Å²) in [5.74, 6) is 0.909. The third-order valence-corrected chi connectivity index (χ3v) is 4.26. The molecule has 2 rings (SSSR count). The number of ether oxygens (including phenoxy) is 1. The number of nitrogens with zero attached hydrogens (tertiary/aromatic N) is 2. The Bertz CT molecular complexity index is 442. The monoisotopic (exact) mass is 348 g/mol. The predicted octanol–water partition coefficient (Wildman–Crippen LogP) is -0.210. The van der Waals surface area contributed by atoms with Gasteiger partial charge in [-0.2, -0.15) is 0 Å². The third-order valence-electron chi connectivity index (χ3n) is 2.98. The Labute approximate surface area is 141 Å². The summed E-state index contributed by atoms with van der Waals surface area (Å²) in [7, 11) is 1.73. The van der Waals surface area contributed by atoms with Gasteiger partial charge in [-0.15, -0.1) is 0 Å². The molecule has 0 amide bonds. The number of nitrogens with one attached hydrogen (secondary N) is 1. The molecule has 0 aromatic heterocycles. The zero-order valence-corrected chi connectivity index (χ0v) is 14.3. The molecule has 0 bridgehead atoms. The van der Waals surface area contributed by atoms with E-state index >= 15 is 0 Å². The summed E-state index contributed by atoms with van der Waals surface area (Å²) in [5, 5.41) is 5.14. The Morgan fingerprint density at radius 1 is 1.38 bits per heavy atom. The van der Waals surface area contributed by atoms with Crippen LogP contribution in [0.3, 0.4) is 0 Å². The second-order valence-electron chi connectivity index (χ2n) is 4.60. The van der Waals surface area contributed by atoms with E-state index in [9.17, 15) is 0 Å². The van der Waals surface area contributed by atoms with Gasteiger partial charge in [0.05, 0.1) is 13.3 Å². The molecule has 0 fully saturated rings. The molecule has 0 saturated heterocycles. The Morgan fingerprint density at radius 3 is 2.76 bits per heavy atom. The van der Waals surface area contributed by atoms with Crippen molar-refractivity contribution in [1.82, 2.24) is 10.2 Å². The quantitative estimate of drug-likeness (QED) is 0.722. The zero-order valence-electron chi connectivity index (χ0n) is 12.0. The van der Waals surface area contributed by atoms with Crippen LogP contribution in [-0.4, -0.2) is 43.7 Å². The van der Waals surface area contributed by atoms with Crippen molar-refractivity contribution in [2.24, 2.45) is 4.99 Å². The molecule has 1 aliphatic heterocycles. The minimum atomic E-state index is 0. The van der Waals surface area contributed by atoms with Gasteiger partial charge in [0.2, 0.25) is 0 Å². The van der Waals surface area contributed by atoms with E-state index in [1.165, 1.54) is 5.56 Å². The SMILES string of the molecule is COCCCN1CN=C(SCc2ccc(Cl)cc2)NC1.[Cl-]. The number of rotatable bonds is 6. The maximum absolute atomic E-state index is 5.87. The van der Waals surface area contributed by atoms with E-state index in [1.807, 2.05) is 12.1 Å². The van der Waals surface area contributed by atoms with E-state index < -0.39 is 0 Å². The van der Waals surface area contributed by atoms with Crippen LogP contribution in [0.2, 0.25) is 5.02 Å². The maximum atomic E-state index is 5.87. The molecule has 7 heteroatoms. The molecule has 21 heavy (non-hydrogen) atoms. The second kappa shape index (κ2) is 10.3. The molecule has 4 nitrogen and oxygen atoms in total. The molecule has 0 aliphatic carbocycles. The average Bonchev–Trinajstić information content (AvgIpc) is 2.48.